The second-order valence-electron chi connectivity index (χ2n) is 7.20. The minimum Gasteiger partial charge on any atom is -0.377 e. The number of piperidine rings is 1. The molecular formula is C20H22FN3O2. The molecule has 4 rings (SSSR count). The largest absolute Gasteiger partial charge is 0.377 e. The Morgan fingerprint density at radius 2 is 1.73 bits per heavy atom. The fourth-order valence-corrected chi connectivity index (χ4v) is 4.29. The van der Waals surface area contributed by atoms with Crippen LogP contribution in [0.4, 0.5) is 9.18 Å². The molecular weight excluding hydrogens is 333 g/mol. The number of ether oxygens (including phenoxy) is 1. The molecule has 3 aliphatic heterocycles. The number of nitriles is 1. The van der Waals surface area contributed by atoms with Gasteiger partial charge in [-0.15, -0.1) is 0 Å². The predicted octanol–water partition coefficient (Wildman–Crippen LogP) is 3.18. The summed E-state index contributed by atoms with van der Waals surface area (Å²) < 4.78 is 18.7. The van der Waals surface area contributed by atoms with E-state index in [4.69, 9.17) is 4.74 Å². The van der Waals surface area contributed by atoms with Crippen LogP contribution in [-0.2, 0) is 4.74 Å². The van der Waals surface area contributed by atoms with E-state index in [0.717, 1.165) is 24.0 Å². The Balaban J connectivity index is 1.46. The molecule has 0 aliphatic carbocycles. The van der Waals surface area contributed by atoms with Crippen molar-refractivity contribution in [3.8, 4) is 6.07 Å². The zero-order chi connectivity index (χ0) is 18.1. The lowest BCUT2D eigenvalue weighted by atomic mass is 9.94. The maximum Gasteiger partial charge on any atom is 0.320 e. The average Bonchev–Trinajstić information content (AvgIpc) is 2.92. The number of carbonyl (C=O) groups is 1. The highest BCUT2D eigenvalue weighted by atomic mass is 19.1. The quantitative estimate of drug-likeness (QED) is 0.727. The van der Waals surface area contributed by atoms with Crippen molar-refractivity contribution in [2.45, 2.75) is 37.8 Å². The molecule has 0 aromatic heterocycles. The minimum atomic E-state index is -0.309. The van der Waals surface area contributed by atoms with Gasteiger partial charge < -0.3 is 14.5 Å². The van der Waals surface area contributed by atoms with Crippen LogP contribution >= 0.6 is 0 Å². The Labute approximate surface area is 152 Å². The number of morpholine rings is 1. The van der Waals surface area contributed by atoms with Crippen LogP contribution in [0.25, 0.3) is 5.57 Å². The van der Waals surface area contributed by atoms with E-state index in [1.54, 1.807) is 12.1 Å². The summed E-state index contributed by atoms with van der Waals surface area (Å²) in [6.45, 7) is 2.53. The van der Waals surface area contributed by atoms with Crippen molar-refractivity contribution in [1.82, 2.24) is 9.80 Å². The lowest BCUT2D eigenvalue weighted by Gasteiger charge is -2.40. The number of amides is 2. The lowest BCUT2D eigenvalue weighted by molar-refractivity contribution is -0.00247. The summed E-state index contributed by atoms with van der Waals surface area (Å²) >= 11 is 0. The first kappa shape index (κ1) is 17.0. The highest BCUT2D eigenvalue weighted by Gasteiger charge is 2.42. The number of rotatable bonds is 1. The Morgan fingerprint density at radius 1 is 1.12 bits per heavy atom. The van der Waals surface area contributed by atoms with Crippen LogP contribution < -0.4 is 0 Å². The molecule has 3 heterocycles. The summed E-state index contributed by atoms with van der Waals surface area (Å²) in [4.78, 5) is 16.9. The second kappa shape index (κ2) is 7.08. The predicted molar refractivity (Wildman–Crippen MR) is 94.6 cm³/mol. The van der Waals surface area contributed by atoms with Gasteiger partial charge >= 0.3 is 6.03 Å². The molecule has 136 valence electrons. The molecule has 0 N–H and O–H groups in total. The van der Waals surface area contributed by atoms with E-state index in [-0.39, 0.29) is 23.9 Å². The van der Waals surface area contributed by atoms with E-state index in [0.29, 0.717) is 44.7 Å². The zero-order valence-corrected chi connectivity index (χ0v) is 14.7. The van der Waals surface area contributed by atoms with Crippen LogP contribution in [0.1, 0.15) is 31.2 Å². The first-order valence-electron chi connectivity index (χ1n) is 9.20. The van der Waals surface area contributed by atoms with Crippen molar-refractivity contribution >= 4 is 11.6 Å². The third kappa shape index (κ3) is 3.08. The number of urea groups is 1. The van der Waals surface area contributed by atoms with Crippen molar-refractivity contribution in [2.75, 3.05) is 26.3 Å². The van der Waals surface area contributed by atoms with Gasteiger partial charge in [0.05, 0.1) is 36.9 Å². The van der Waals surface area contributed by atoms with Gasteiger partial charge in [0.25, 0.3) is 0 Å². The summed E-state index contributed by atoms with van der Waals surface area (Å²) in [5.41, 5.74) is 2.41. The van der Waals surface area contributed by atoms with Crippen LogP contribution in [0.3, 0.4) is 0 Å². The highest BCUT2D eigenvalue weighted by molar-refractivity contribution is 5.80. The Hall–Kier alpha value is -2.39. The molecule has 6 heteroatoms. The zero-order valence-electron chi connectivity index (χ0n) is 14.7. The fourth-order valence-electron chi connectivity index (χ4n) is 4.29. The summed E-state index contributed by atoms with van der Waals surface area (Å²) in [5, 5.41) is 9.55. The molecule has 3 aliphatic rings. The standard InChI is InChI=1S/C20H22FN3O2/c21-16-3-1-14(2-4-16)19(11-22)15-7-9-23(10-8-15)20(25)24-17-5-6-18(24)13-26-12-17/h1-4,17-18H,5-10,12-13H2. The molecule has 0 radical (unpaired) electrons. The summed E-state index contributed by atoms with van der Waals surface area (Å²) in [6, 6.07) is 8.84. The highest BCUT2D eigenvalue weighted by Crippen LogP contribution is 2.32. The maximum atomic E-state index is 13.1. The lowest BCUT2D eigenvalue weighted by Crippen LogP contribution is -2.55. The molecule has 26 heavy (non-hydrogen) atoms. The van der Waals surface area contributed by atoms with E-state index in [2.05, 4.69) is 6.07 Å². The molecule has 0 saturated carbocycles. The molecule has 2 amide bonds. The van der Waals surface area contributed by atoms with Gasteiger partial charge in [0.1, 0.15) is 5.82 Å². The van der Waals surface area contributed by atoms with Crippen molar-refractivity contribution in [2.24, 2.45) is 0 Å². The van der Waals surface area contributed by atoms with Crippen LogP contribution in [0.2, 0.25) is 0 Å². The molecule has 0 spiro atoms. The number of fused-ring (bicyclic) bond motifs is 2. The third-order valence-corrected chi connectivity index (χ3v) is 5.70. The fraction of sp³-hybridized carbons (Fsp3) is 0.500. The number of allylic oxidation sites excluding steroid dienone is 1. The topological polar surface area (TPSA) is 56.6 Å². The third-order valence-electron chi connectivity index (χ3n) is 5.70. The van der Waals surface area contributed by atoms with E-state index in [1.165, 1.54) is 12.1 Å². The van der Waals surface area contributed by atoms with Gasteiger partial charge in [-0.2, -0.15) is 5.26 Å². The molecule has 2 unspecified atom stereocenters. The van der Waals surface area contributed by atoms with Gasteiger partial charge in [-0.05, 0) is 49.0 Å². The van der Waals surface area contributed by atoms with Crippen LogP contribution in [0.5, 0.6) is 0 Å². The normalized spacial score (nSPS) is 25.2. The van der Waals surface area contributed by atoms with Crippen molar-refractivity contribution in [1.29, 1.82) is 5.26 Å². The van der Waals surface area contributed by atoms with Gasteiger partial charge in [-0.1, -0.05) is 12.1 Å². The monoisotopic (exact) mass is 355 g/mol. The number of hydrogen-bond donors (Lipinski definition) is 0. The van der Waals surface area contributed by atoms with Crippen LogP contribution in [-0.4, -0.2) is 54.2 Å². The van der Waals surface area contributed by atoms with E-state index >= 15 is 0 Å². The van der Waals surface area contributed by atoms with Gasteiger partial charge in [-0.3, -0.25) is 0 Å². The van der Waals surface area contributed by atoms with Gasteiger partial charge in [0.15, 0.2) is 0 Å². The summed E-state index contributed by atoms with van der Waals surface area (Å²) in [5.74, 6) is -0.309. The number of carbonyl (C=O) groups excluding carboxylic acids is 1. The minimum absolute atomic E-state index is 0.111. The molecule has 1 aromatic carbocycles. The van der Waals surface area contributed by atoms with Crippen LogP contribution in [0.15, 0.2) is 29.8 Å². The number of likely N-dealkylation sites (tertiary alicyclic amines) is 1. The van der Waals surface area contributed by atoms with Crippen molar-refractivity contribution < 1.29 is 13.9 Å². The van der Waals surface area contributed by atoms with E-state index < -0.39 is 0 Å². The average molecular weight is 355 g/mol. The molecule has 5 nitrogen and oxygen atoms in total. The Kier molecular flexibility index (Phi) is 4.64. The van der Waals surface area contributed by atoms with E-state index in [1.807, 2.05) is 9.80 Å². The molecule has 2 bridgehead atoms. The number of halogens is 1. The first-order chi connectivity index (χ1) is 12.7. The number of hydrogen-bond acceptors (Lipinski definition) is 3. The molecule has 1 aromatic rings. The first-order valence-corrected chi connectivity index (χ1v) is 9.20. The second-order valence-corrected chi connectivity index (χ2v) is 7.20. The van der Waals surface area contributed by atoms with E-state index in [9.17, 15) is 14.4 Å². The molecule has 2 atom stereocenters. The SMILES string of the molecule is N#CC(=C1CCN(C(=O)N2C3CCC2COC3)CC1)c1ccc(F)cc1. The summed E-state index contributed by atoms with van der Waals surface area (Å²) in [7, 11) is 0. The van der Waals surface area contributed by atoms with Crippen LogP contribution in [0, 0.1) is 17.1 Å². The number of nitrogens with zero attached hydrogens (tertiary/aromatic N) is 3. The Morgan fingerprint density at radius 3 is 2.31 bits per heavy atom. The smallest absolute Gasteiger partial charge is 0.320 e. The van der Waals surface area contributed by atoms with Gasteiger partial charge in [0, 0.05) is 13.1 Å². The van der Waals surface area contributed by atoms with Gasteiger partial charge in [-0.25, -0.2) is 9.18 Å². The molecule has 3 saturated heterocycles. The Bertz CT molecular complexity index is 742. The maximum absolute atomic E-state index is 13.1. The van der Waals surface area contributed by atoms with Crippen molar-refractivity contribution in [3.05, 3.63) is 41.2 Å². The van der Waals surface area contributed by atoms with Crippen molar-refractivity contribution in [3.63, 3.8) is 0 Å². The van der Waals surface area contributed by atoms with Gasteiger partial charge in [0.2, 0.25) is 0 Å². The molecule has 3 fully saturated rings. The number of benzene rings is 1. The summed E-state index contributed by atoms with van der Waals surface area (Å²) in [6.07, 6.45) is 3.43.